The van der Waals surface area contributed by atoms with Crippen LogP contribution < -0.4 is 0 Å². The van der Waals surface area contributed by atoms with Crippen LogP contribution in [0.1, 0.15) is 63.0 Å². The number of rotatable bonds is 2. The highest BCUT2D eigenvalue weighted by atomic mass is 35.5. The standard InChI is InChI=1S/C22H29ClO2/c1-4-22-12-11-17-16-8-6-15(24)13-14(16)5-7-18(17)19(22)9-10-20(23)21(22,2)25-3/h6,8,10,13,17-19,24H,4-5,7,9,11-12H2,1-3H3/t17-,18-,19+,21+,22+/m1/s1. The van der Waals surface area contributed by atoms with Crippen LogP contribution in [-0.2, 0) is 11.2 Å². The zero-order valence-electron chi connectivity index (χ0n) is 15.5. The number of aryl methyl sites for hydroxylation is 1. The van der Waals surface area contributed by atoms with E-state index >= 15 is 0 Å². The topological polar surface area (TPSA) is 29.5 Å². The largest absolute Gasteiger partial charge is 0.508 e. The van der Waals surface area contributed by atoms with Gasteiger partial charge in [-0.1, -0.05) is 30.7 Å². The monoisotopic (exact) mass is 360 g/mol. The maximum absolute atomic E-state index is 9.84. The Morgan fingerprint density at radius 2 is 2.12 bits per heavy atom. The van der Waals surface area contributed by atoms with E-state index in [1.165, 1.54) is 24.0 Å². The summed E-state index contributed by atoms with van der Waals surface area (Å²) in [7, 11) is 1.82. The Labute approximate surface area is 156 Å². The molecule has 1 aromatic carbocycles. The lowest BCUT2D eigenvalue weighted by Gasteiger charge is -2.61. The summed E-state index contributed by atoms with van der Waals surface area (Å²) < 4.78 is 6.09. The Balaban J connectivity index is 1.77. The normalized spacial score (nSPS) is 39.8. The van der Waals surface area contributed by atoms with Crippen LogP contribution in [0.4, 0.5) is 0 Å². The molecule has 136 valence electrons. The molecule has 0 aromatic heterocycles. The Bertz CT molecular complexity index is 712. The summed E-state index contributed by atoms with van der Waals surface area (Å²) in [5.41, 5.74) is 2.58. The van der Waals surface area contributed by atoms with Crippen LogP contribution in [-0.4, -0.2) is 17.8 Å². The van der Waals surface area contributed by atoms with E-state index in [1.54, 1.807) is 0 Å². The van der Waals surface area contributed by atoms with Crippen molar-refractivity contribution < 1.29 is 9.84 Å². The molecule has 0 unspecified atom stereocenters. The van der Waals surface area contributed by atoms with Crippen molar-refractivity contribution in [3.63, 3.8) is 0 Å². The van der Waals surface area contributed by atoms with E-state index in [4.69, 9.17) is 16.3 Å². The van der Waals surface area contributed by atoms with Gasteiger partial charge in [0.05, 0.1) is 0 Å². The van der Waals surface area contributed by atoms with E-state index in [-0.39, 0.29) is 11.0 Å². The van der Waals surface area contributed by atoms with Crippen molar-refractivity contribution in [3.05, 3.63) is 40.4 Å². The van der Waals surface area contributed by atoms with Gasteiger partial charge in [0.2, 0.25) is 0 Å². The first-order valence-electron chi connectivity index (χ1n) is 9.70. The van der Waals surface area contributed by atoms with Crippen molar-refractivity contribution in [2.24, 2.45) is 17.3 Å². The van der Waals surface area contributed by atoms with Crippen molar-refractivity contribution >= 4 is 11.6 Å². The van der Waals surface area contributed by atoms with Gasteiger partial charge in [-0.05, 0) is 86.5 Å². The number of phenolic OH excluding ortho intramolecular Hbond substituents is 1. The fourth-order valence-corrected chi connectivity index (χ4v) is 6.87. The summed E-state index contributed by atoms with van der Waals surface area (Å²) in [5, 5.41) is 10.7. The number of hydrogen-bond acceptors (Lipinski definition) is 2. The molecule has 5 atom stereocenters. The molecular weight excluding hydrogens is 332 g/mol. The van der Waals surface area contributed by atoms with Crippen LogP contribution in [0.2, 0.25) is 0 Å². The average Bonchev–Trinajstić information content (AvgIpc) is 2.63. The lowest BCUT2D eigenvalue weighted by Crippen LogP contribution is -2.58. The molecule has 0 spiro atoms. The maximum atomic E-state index is 9.84. The predicted octanol–water partition coefficient (Wildman–Crippen LogP) is 5.78. The molecule has 0 radical (unpaired) electrons. The second-order valence-electron chi connectivity index (χ2n) is 8.37. The molecule has 3 aliphatic carbocycles. The quantitative estimate of drug-likeness (QED) is 0.724. The van der Waals surface area contributed by atoms with E-state index in [2.05, 4.69) is 26.0 Å². The number of methoxy groups -OCH3 is 1. The predicted molar refractivity (Wildman–Crippen MR) is 102 cm³/mol. The SMILES string of the molecule is CC[C@]12CC[C@@H]3c4ccc(O)cc4CC[C@H]3[C@@H]1CC=C(Cl)[C@]2(C)OC. The van der Waals surface area contributed by atoms with Gasteiger partial charge in [-0.15, -0.1) is 0 Å². The molecule has 1 aromatic rings. The number of phenols is 1. The Hall–Kier alpha value is -0.990. The van der Waals surface area contributed by atoms with Crippen molar-refractivity contribution in [2.75, 3.05) is 7.11 Å². The van der Waals surface area contributed by atoms with Gasteiger partial charge in [0.25, 0.3) is 0 Å². The van der Waals surface area contributed by atoms with Gasteiger partial charge in [-0.25, -0.2) is 0 Å². The van der Waals surface area contributed by atoms with Crippen molar-refractivity contribution in [2.45, 2.75) is 63.9 Å². The minimum atomic E-state index is -0.369. The van der Waals surface area contributed by atoms with E-state index < -0.39 is 0 Å². The summed E-state index contributed by atoms with van der Waals surface area (Å²) in [6.07, 6.45) is 9.03. The Morgan fingerprint density at radius 3 is 2.84 bits per heavy atom. The van der Waals surface area contributed by atoms with Gasteiger partial charge in [0.1, 0.15) is 11.4 Å². The van der Waals surface area contributed by atoms with Gasteiger partial charge >= 0.3 is 0 Å². The number of aromatic hydroxyl groups is 1. The van der Waals surface area contributed by atoms with E-state index in [9.17, 15) is 5.11 Å². The number of ether oxygens (including phenoxy) is 1. The summed E-state index contributed by atoms with van der Waals surface area (Å²) in [5.74, 6) is 2.31. The van der Waals surface area contributed by atoms with Crippen LogP contribution in [0.3, 0.4) is 0 Å². The zero-order valence-corrected chi connectivity index (χ0v) is 16.3. The van der Waals surface area contributed by atoms with E-state index in [0.717, 1.165) is 30.7 Å². The number of fused-ring (bicyclic) bond motifs is 5. The molecular formula is C22H29ClO2. The van der Waals surface area contributed by atoms with Crippen LogP contribution in [0.25, 0.3) is 0 Å². The molecule has 1 fully saturated rings. The lowest BCUT2D eigenvalue weighted by molar-refractivity contribution is -0.146. The molecule has 3 aliphatic rings. The summed E-state index contributed by atoms with van der Waals surface area (Å²) >= 11 is 6.69. The summed E-state index contributed by atoms with van der Waals surface area (Å²) in [4.78, 5) is 0. The molecule has 4 rings (SSSR count). The second-order valence-corrected chi connectivity index (χ2v) is 8.78. The van der Waals surface area contributed by atoms with Crippen LogP contribution in [0.15, 0.2) is 29.3 Å². The molecule has 25 heavy (non-hydrogen) atoms. The van der Waals surface area contributed by atoms with Gasteiger partial charge in [-0.2, -0.15) is 0 Å². The van der Waals surface area contributed by atoms with Crippen molar-refractivity contribution in [3.8, 4) is 5.75 Å². The molecule has 1 N–H and O–H groups in total. The maximum Gasteiger partial charge on any atom is 0.115 e. The van der Waals surface area contributed by atoms with Crippen LogP contribution in [0.5, 0.6) is 5.75 Å². The van der Waals surface area contributed by atoms with Crippen LogP contribution >= 0.6 is 11.6 Å². The molecule has 0 aliphatic heterocycles. The highest BCUT2D eigenvalue weighted by Crippen LogP contribution is 2.65. The number of benzene rings is 1. The lowest BCUT2D eigenvalue weighted by atomic mass is 9.46. The Kier molecular flexibility index (Phi) is 4.20. The smallest absolute Gasteiger partial charge is 0.115 e. The van der Waals surface area contributed by atoms with E-state index in [1.807, 2.05) is 19.2 Å². The van der Waals surface area contributed by atoms with Gasteiger partial charge in [0.15, 0.2) is 0 Å². The molecule has 3 heteroatoms. The van der Waals surface area contributed by atoms with Gasteiger partial charge in [-0.3, -0.25) is 0 Å². The van der Waals surface area contributed by atoms with Crippen LogP contribution in [0, 0.1) is 17.3 Å². The minimum Gasteiger partial charge on any atom is -0.508 e. The highest BCUT2D eigenvalue weighted by Gasteiger charge is 2.60. The molecule has 0 heterocycles. The summed E-state index contributed by atoms with van der Waals surface area (Å²) in [6.45, 7) is 4.52. The third-order valence-electron chi connectivity index (χ3n) is 7.91. The van der Waals surface area contributed by atoms with Gasteiger partial charge in [0, 0.05) is 17.6 Å². The number of hydrogen-bond donors (Lipinski definition) is 1. The second kappa shape index (κ2) is 6.03. The molecule has 0 amide bonds. The highest BCUT2D eigenvalue weighted by molar-refractivity contribution is 6.30. The van der Waals surface area contributed by atoms with Gasteiger partial charge < -0.3 is 9.84 Å². The minimum absolute atomic E-state index is 0.128. The molecule has 0 bridgehead atoms. The molecule has 0 saturated heterocycles. The third-order valence-corrected chi connectivity index (χ3v) is 8.43. The first kappa shape index (κ1) is 17.4. The Morgan fingerprint density at radius 1 is 1.32 bits per heavy atom. The van der Waals surface area contributed by atoms with E-state index in [0.29, 0.717) is 23.5 Å². The number of halogens is 1. The molecule has 2 nitrogen and oxygen atoms in total. The first-order chi connectivity index (χ1) is 12.0. The zero-order chi connectivity index (χ0) is 17.8. The average molecular weight is 361 g/mol. The van der Waals surface area contributed by atoms with Crippen molar-refractivity contribution in [1.29, 1.82) is 0 Å². The fourth-order valence-electron chi connectivity index (χ4n) is 6.52. The third kappa shape index (κ3) is 2.26. The van der Waals surface area contributed by atoms with Crippen molar-refractivity contribution in [1.82, 2.24) is 0 Å². The summed E-state index contributed by atoms with van der Waals surface area (Å²) in [6, 6.07) is 6.01. The fraction of sp³-hybridized carbons (Fsp3) is 0.636. The first-order valence-corrected chi connectivity index (χ1v) is 10.1. The number of allylic oxidation sites excluding steroid dienone is 1. The molecule has 1 saturated carbocycles.